The van der Waals surface area contributed by atoms with E-state index < -0.39 is 11.8 Å². The van der Waals surface area contributed by atoms with Crippen LogP contribution in [-0.4, -0.2) is 26.5 Å². The molecule has 0 saturated carbocycles. The molecule has 0 aromatic heterocycles. The molecule has 0 aliphatic heterocycles. The van der Waals surface area contributed by atoms with Gasteiger partial charge in [-0.15, -0.1) is 0 Å². The lowest BCUT2D eigenvalue weighted by atomic mass is 9.99. The van der Waals surface area contributed by atoms with E-state index >= 15 is 0 Å². The second-order valence-electron chi connectivity index (χ2n) is 4.23. The van der Waals surface area contributed by atoms with E-state index in [4.69, 9.17) is 4.74 Å². The monoisotopic (exact) mass is 288 g/mol. The second kappa shape index (κ2) is 6.17. The van der Waals surface area contributed by atoms with Gasteiger partial charge in [0, 0.05) is 5.56 Å². The zero-order chi connectivity index (χ0) is 15.4. The standard InChI is InChI=1S/C16H13FO4/c1-20-15-11(9-18)4-3-5-12(15)10-6-7-14(17)13(8-10)16(19)21-2/h3-9H,1-2H3. The Balaban J connectivity index is 2.62. The first-order valence-electron chi connectivity index (χ1n) is 6.12. The third-order valence-electron chi connectivity index (χ3n) is 3.06. The Kier molecular flexibility index (Phi) is 4.33. The summed E-state index contributed by atoms with van der Waals surface area (Å²) in [5.41, 5.74) is 1.34. The summed E-state index contributed by atoms with van der Waals surface area (Å²) in [6, 6.07) is 9.07. The number of hydrogen-bond donors (Lipinski definition) is 0. The Morgan fingerprint density at radius 1 is 1.19 bits per heavy atom. The fraction of sp³-hybridized carbons (Fsp3) is 0.125. The lowest BCUT2D eigenvalue weighted by Crippen LogP contribution is -2.04. The van der Waals surface area contributed by atoms with E-state index in [0.717, 1.165) is 0 Å². The van der Waals surface area contributed by atoms with Crippen molar-refractivity contribution in [3.8, 4) is 16.9 Å². The molecule has 0 atom stereocenters. The van der Waals surface area contributed by atoms with E-state index in [9.17, 15) is 14.0 Å². The van der Waals surface area contributed by atoms with E-state index in [0.29, 0.717) is 28.7 Å². The molecular weight excluding hydrogens is 275 g/mol. The summed E-state index contributed by atoms with van der Waals surface area (Å²) in [6.45, 7) is 0. The van der Waals surface area contributed by atoms with Crippen LogP contribution >= 0.6 is 0 Å². The molecule has 0 spiro atoms. The first-order chi connectivity index (χ1) is 10.1. The molecule has 0 fully saturated rings. The van der Waals surface area contributed by atoms with Gasteiger partial charge in [-0.3, -0.25) is 4.79 Å². The fourth-order valence-electron chi connectivity index (χ4n) is 2.06. The van der Waals surface area contributed by atoms with E-state index in [2.05, 4.69) is 4.74 Å². The van der Waals surface area contributed by atoms with Crippen molar-refractivity contribution in [2.45, 2.75) is 0 Å². The normalized spacial score (nSPS) is 10.0. The maximum Gasteiger partial charge on any atom is 0.340 e. The van der Waals surface area contributed by atoms with Crippen LogP contribution in [-0.2, 0) is 4.74 Å². The molecule has 2 rings (SSSR count). The molecule has 0 N–H and O–H groups in total. The van der Waals surface area contributed by atoms with Gasteiger partial charge in [-0.2, -0.15) is 0 Å². The molecule has 0 unspecified atom stereocenters. The smallest absolute Gasteiger partial charge is 0.340 e. The van der Waals surface area contributed by atoms with Crippen molar-refractivity contribution in [1.82, 2.24) is 0 Å². The molecule has 0 amide bonds. The molecule has 0 saturated heterocycles. The van der Waals surface area contributed by atoms with Gasteiger partial charge < -0.3 is 9.47 Å². The molecule has 0 aliphatic carbocycles. The van der Waals surface area contributed by atoms with Gasteiger partial charge in [0.25, 0.3) is 0 Å². The minimum atomic E-state index is -0.764. The molecule has 0 aliphatic rings. The average molecular weight is 288 g/mol. The number of para-hydroxylation sites is 1. The molecule has 108 valence electrons. The number of ether oxygens (including phenoxy) is 2. The quantitative estimate of drug-likeness (QED) is 0.641. The van der Waals surface area contributed by atoms with Gasteiger partial charge in [-0.05, 0) is 23.8 Å². The first kappa shape index (κ1) is 14.7. The van der Waals surface area contributed by atoms with Crippen LogP contribution in [0.4, 0.5) is 4.39 Å². The Morgan fingerprint density at radius 3 is 2.57 bits per heavy atom. The molecule has 2 aromatic carbocycles. The number of benzene rings is 2. The van der Waals surface area contributed by atoms with Crippen molar-refractivity contribution in [3.63, 3.8) is 0 Å². The number of rotatable bonds is 4. The predicted octanol–water partition coefficient (Wildman–Crippen LogP) is 3.10. The number of carbonyl (C=O) groups is 2. The zero-order valence-corrected chi connectivity index (χ0v) is 11.6. The molecule has 0 radical (unpaired) electrons. The van der Waals surface area contributed by atoms with Crippen LogP contribution in [0.3, 0.4) is 0 Å². The van der Waals surface area contributed by atoms with Gasteiger partial charge in [0.15, 0.2) is 6.29 Å². The highest BCUT2D eigenvalue weighted by atomic mass is 19.1. The number of halogens is 1. The van der Waals surface area contributed by atoms with Crippen LogP contribution in [0, 0.1) is 5.82 Å². The fourth-order valence-corrected chi connectivity index (χ4v) is 2.06. The van der Waals surface area contributed by atoms with E-state index in [1.54, 1.807) is 18.2 Å². The van der Waals surface area contributed by atoms with Gasteiger partial charge >= 0.3 is 5.97 Å². The summed E-state index contributed by atoms with van der Waals surface area (Å²) < 4.78 is 23.4. The van der Waals surface area contributed by atoms with Crippen molar-refractivity contribution in [2.75, 3.05) is 14.2 Å². The SMILES string of the molecule is COC(=O)c1cc(-c2cccc(C=O)c2OC)ccc1F. The Hall–Kier alpha value is -2.69. The summed E-state index contributed by atoms with van der Waals surface area (Å²) in [5, 5.41) is 0. The van der Waals surface area contributed by atoms with Gasteiger partial charge in [0.2, 0.25) is 0 Å². The van der Waals surface area contributed by atoms with E-state index in [1.807, 2.05) is 0 Å². The van der Waals surface area contributed by atoms with Crippen molar-refractivity contribution in [2.24, 2.45) is 0 Å². The third-order valence-corrected chi connectivity index (χ3v) is 3.06. The molecule has 0 bridgehead atoms. The van der Waals surface area contributed by atoms with Crippen molar-refractivity contribution >= 4 is 12.3 Å². The van der Waals surface area contributed by atoms with Crippen molar-refractivity contribution < 1.29 is 23.5 Å². The minimum absolute atomic E-state index is 0.173. The molecule has 5 heteroatoms. The predicted molar refractivity (Wildman–Crippen MR) is 75.1 cm³/mol. The van der Waals surface area contributed by atoms with Crippen LogP contribution in [0.5, 0.6) is 5.75 Å². The van der Waals surface area contributed by atoms with E-state index in [1.165, 1.54) is 32.4 Å². The van der Waals surface area contributed by atoms with E-state index in [-0.39, 0.29) is 5.56 Å². The number of hydrogen-bond acceptors (Lipinski definition) is 4. The van der Waals surface area contributed by atoms with Crippen LogP contribution in [0.25, 0.3) is 11.1 Å². The van der Waals surface area contributed by atoms with Crippen LogP contribution < -0.4 is 4.74 Å². The molecule has 21 heavy (non-hydrogen) atoms. The van der Waals surface area contributed by atoms with Gasteiger partial charge in [-0.25, -0.2) is 9.18 Å². The summed E-state index contributed by atoms with van der Waals surface area (Å²) in [5.74, 6) is -1.06. The van der Waals surface area contributed by atoms with Gasteiger partial charge in [0.1, 0.15) is 11.6 Å². The average Bonchev–Trinajstić information content (AvgIpc) is 2.53. The molecule has 4 nitrogen and oxygen atoms in total. The lowest BCUT2D eigenvalue weighted by Gasteiger charge is -2.12. The summed E-state index contributed by atoms with van der Waals surface area (Å²) in [4.78, 5) is 22.6. The number of esters is 1. The Bertz CT molecular complexity index is 695. The maximum absolute atomic E-state index is 13.7. The lowest BCUT2D eigenvalue weighted by molar-refractivity contribution is 0.0595. The largest absolute Gasteiger partial charge is 0.495 e. The summed E-state index contributed by atoms with van der Waals surface area (Å²) in [6.07, 6.45) is 0.674. The molecular formula is C16H13FO4. The Labute approximate surface area is 121 Å². The maximum atomic E-state index is 13.7. The number of methoxy groups -OCH3 is 2. The van der Waals surface area contributed by atoms with Crippen LogP contribution in [0.1, 0.15) is 20.7 Å². The topological polar surface area (TPSA) is 52.6 Å². The molecule has 2 aromatic rings. The second-order valence-corrected chi connectivity index (χ2v) is 4.23. The van der Waals surface area contributed by atoms with Crippen LogP contribution in [0.2, 0.25) is 0 Å². The highest BCUT2D eigenvalue weighted by molar-refractivity contribution is 5.92. The van der Waals surface area contributed by atoms with Gasteiger partial charge in [-0.1, -0.05) is 18.2 Å². The summed E-state index contributed by atoms with van der Waals surface area (Å²) >= 11 is 0. The Morgan fingerprint density at radius 2 is 1.95 bits per heavy atom. The zero-order valence-electron chi connectivity index (χ0n) is 11.6. The van der Waals surface area contributed by atoms with Crippen molar-refractivity contribution in [1.29, 1.82) is 0 Å². The third kappa shape index (κ3) is 2.76. The number of aldehydes is 1. The van der Waals surface area contributed by atoms with Crippen LogP contribution in [0.15, 0.2) is 36.4 Å². The highest BCUT2D eigenvalue weighted by Crippen LogP contribution is 2.33. The number of carbonyl (C=O) groups excluding carboxylic acids is 2. The molecule has 0 heterocycles. The van der Waals surface area contributed by atoms with Crippen molar-refractivity contribution in [3.05, 3.63) is 53.3 Å². The minimum Gasteiger partial charge on any atom is -0.495 e. The van der Waals surface area contributed by atoms with Gasteiger partial charge in [0.05, 0.1) is 25.3 Å². The first-order valence-corrected chi connectivity index (χ1v) is 6.12. The highest BCUT2D eigenvalue weighted by Gasteiger charge is 2.16. The summed E-state index contributed by atoms with van der Waals surface area (Å²) in [7, 11) is 2.62.